The van der Waals surface area contributed by atoms with Crippen molar-refractivity contribution in [2.24, 2.45) is 0 Å². The summed E-state index contributed by atoms with van der Waals surface area (Å²) in [7, 11) is 1.72. The Balaban J connectivity index is 2.05. The van der Waals surface area contributed by atoms with Crippen LogP contribution in [0.4, 0.5) is 0 Å². The molecule has 0 atom stereocenters. The molecule has 4 nitrogen and oxygen atoms in total. The molecule has 1 heterocycles. The summed E-state index contributed by atoms with van der Waals surface area (Å²) in [4.78, 5) is 0. The van der Waals surface area contributed by atoms with Gasteiger partial charge in [0.05, 0.1) is 18.8 Å². The Hall–Kier alpha value is -1.65. The minimum atomic E-state index is 0.732. The zero-order chi connectivity index (χ0) is 15.2. The predicted octanol–water partition coefficient (Wildman–Crippen LogP) is 2.59. The maximum atomic E-state index is 5.04. The van der Waals surface area contributed by atoms with Gasteiger partial charge >= 0.3 is 0 Å². The normalized spacial score (nSPS) is 11.0. The predicted molar refractivity (Wildman–Crippen MR) is 85.6 cm³/mol. The Morgan fingerprint density at radius 1 is 1.19 bits per heavy atom. The standard InChI is InChI=1S/C17H25N3O/c1-13-6-5-7-14(2)17(13)12-20-11-16(15(3)19-20)10-18-8-9-21-4/h5-7,11,18H,8-10,12H2,1-4H3. The molecule has 0 amide bonds. The van der Waals surface area contributed by atoms with Crippen molar-refractivity contribution in [1.29, 1.82) is 0 Å². The van der Waals surface area contributed by atoms with Crippen molar-refractivity contribution in [3.8, 4) is 0 Å². The van der Waals surface area contributed by atoms with Crippen LogP contribution in [0.25, 0.3) is 0 Å². The molecule has 2 aromatic rings. The van der Waals surface area contributed by atoms with E-state index in [4.69, 9.17) is 4.74 Å². The lowest BCUT2D eigenvalue weighted by atomic mass is 10.0. The molecule has 0 aliphatic carbocycles. The summed E-state index contributed by atoms with van der Waals surface area (Å²) in [6.45, 7) is 9.64. The highest BCUT2D eigenvalue weighted by Crippen LogP contribution is 2.15. The summed E-state index contributed by atoms with van der Waals surface area (Å²) in [5, 5.41) is 8.00. The van der Waals surface area contributed by atoms with Gasteiger partial charge in [0, 0.05) is 32.0 Å². The highest BCUT2D eigenvalue weighted by molar-refractivity contribution is 5.33. The molecule has 0 bridgehead atoms. The molecule has 0 radical (unpaired) electrons. The number of nitrogens with one attached hydrogen (secondary N) is 1. The lowest BCUT2D eigenvalue weighted by Crippen LogP contribution is -2.18. The van der Waals surface area contributed by atoms with Gasteiger partial charge in [0.25, 0.3) is 0 Å². The number of aromatic nitrogens is 2. The Morgan fingerprint density at radius 2 is 1.90 bits per heavy atom. The van der Waals surface area contributed by atoms with Crippen molar-refractivity contribution in [1.82, 2.24) is 15.1 Å². The van der Waals surface area contributed by atoms with Crippen molar-refractivity contribution < 1.29 is 4.74 Å². The first-order valence-corrected chi connectivity index (χ1v) is 7.39. The summed E-state index contributed by atoms with van der Waals surface area (Å²) in [5.74, 6) is 0. The molecular weight excluding hydrogens is 262 g/mol. The summed E-state index contributed by atoms with van der Waals surface area (Å²) in [6.07, 6.45) is 2.14. The molecule has 21 heavy (non-hydrogen) atoms. The maximum absolute atomic E-state index is 5.04. The molecule has 0 aliphatic rings. The SMILES string of the molecule is COCCNCc1cn(Cc2c(C)cccc2C)nc1C. The molecule has 0 unspecified atom stereocenters. The molecule has 114 valence electrons. The number of ether oxygens (including phenoxy) is 1. The van der Waals surface area contributed by atoms with Crippen LogP contribution in [0, 0.1) is 20.8 Å². The summed E-state index contributed by atoms with van der Waals surface area (Å²) in [5.41, 5.74) is 6.34. The van der Waals surface area contributed by atoms with Crippen LogP contribution < -0.4 is 5.32 Å². The second-order valence-electron chi connectivity index (χ2n) is 5.48. The molecular formula is C17H25N3O. The lowest BCUT2D eigenvalue weighted by molar-refractivity contribution is 0.199. The highest BCUT2D eigenvalue weighted by atomic mass is 16.5. The van der Waals surface area contributed by atoms with Crippen LogP contribution in [0.2, 0.25) is 0 Å². The number of benzene rings is 1. The Morgan fingerprint density at radius 3 is 2.57 bits per heavy atom. The quantitative estimate of drug-likeness (QED) is 0.796. The Kier molecular flexibility index (Phi) is 5.53. The molecule has 1 N–H and O–H groups in total. The van der Waals surface area contributed by atoms with Gasteiger partial charge in [-0.15, -0.1) is 0 Å². The molecule has 0 spiro atoms. The van der Waals surface area contributed by atoms with Gasteiger partial charge in [-0.3, -0.25) is 4.68 Å². The average Bonchev–Trinajstić information content (AvgIpc) is 2.80. The van der Waals surface area contributed by atoms with Crippen molar-refractivity contribution in [2.75, 3.05) is 20.3 Å². The van der Waals surface area contributed by atoms with Gasteiger partial charge in [0.15, 0.2) is 0 Å². The Labute approximate surface area is 127 Å². The van der Waals surface area contributed by atoms with E-state index in [9.17, 15) is 0 Å². The van der Waals surface area contributed by atoms with E-state index < -0.39 is 0 Å². The third kappa shape index (κ3) is 4.16. The van der Waals surface area contributed by atoms with Gasteiger partial charge in [-0.1, -0.05) is 18.2 Å². The molecule has 0 saturated carbocycles. The minimum Gasteiger partial charge on any atom is -0.383 e. The van der Waals surface area contributed by atoms with Crippen LogP contribution in [-0.2, 0) is 17.8 Å². The fourth-order valence-corrected chi connectivity index (χ4v) is 2.47. The molecule has 4 heteroatoms. The van der Waals surface area contributed by atoms with Crippen molar-refractivity contribution in [2.45, 2.75) is 33.9 Å². The first-order chi connectivity index (χ1) is 10.1. The van der Waals surface area contributed by atoms with Crippen LogP contribution in [0.15, 0.2) is 24.4 Å². The lowest BCUT2D eigenvalue weighted by Gasteiger charge is -2.09. The number of hydrogen-bond donors (Lipinski definition) is 1. The maximum Gasteiger partial charge on any atom is 0.0664 e. The fourth-order valence-electron chi connectivity index (χ4n) is 2.47. The minimum absolute atomic E-state index is 0.732. The van der Waals surface area contributed by atoms with E-state index in [1.165, 1.54) is 22.3 Å². The monoisotopic (exact) mass is 287 g/mol. The second-order valence-corrected chi connectivity index (χ2v) is 5.48. The summed E-state index contributed by atoms with van der Waals surface area (Å²) in [6, 6.07) is 6.42. The van der Waals surface area contributed by atoms with Crippen LogP contribution in [0.5, 0.6) is 0 Å². The van der Waals surface area contributed by atoms with E-state index in [2.05, 4.69) is 55.6 Å². The highest BCUT2D eigenvalue weighted by Gasteiger charge is 2.07. The first kappa shape index (κ1) is 15.7. The van der Waals surface area contributed by atoms with Gasteiger partial charge in [-0.2, -0.15) is 5.10 Å². The first-order valence-electron chi connectivity index (χ1n) is 7.39. The van der Waals surface area contributed by atoms with Crippen molar-refractivity contribution in [3.63, 3.8) is 0 Å². The molecule has 0 aliphatic heterocycles. The Bertz CT molecular complexity index is 569. The molecule has 2 rings (SSSR count). The zero-order valence-corrected chi connectivity index (χ0v) is 13.4. The molecule has 1 aromatic heterocycles. The van der Waals surface area contributed by atoms with E-state index in [-0.39, 0.29) is 0 Å². The van der Waals surface area contributed by atoms with E-state index in [0.29, 0.717) is 0 Å². The van der Waals surface area contributed by atoms with E-state index >= 15 is 0 Å². The number of rotatable bonds is 7. The van der Waals surface area contributed by atoms with Crippen LogP contribution in [0.3, 0.4) is 0 Å². The van der Waals surface area contributed by atoms with Crippen molar-refractivity contribution in [3.05, 3.63) is 52.3 Å². The summed E-state index contributed by atoms with van der Waals surface area (Å²) >= 11 is 0. The van der Waals surface area contributed by atoms with Gasteiger partial charge < -0.3 is 10.1 Å². The number of hydrogen-bond acceptors (Lipinski definition) is 3. The van der Waals surface area contributed by atoms with E-state index in [1.54, 1.807) is 7.11 Å². The van der Waals surface area contributed by atoms with Crippen LogP contribution in [-0.4, -0.2) is 30.0 Å². The van der Waals surface area contributed by atoms with E-state index in [1.807, 2.05) is 4.68 Å². The fraction of sp³-hybridized carbons (Fsp3) is 0.471. The number of methoxy groups -OCH3 is 1. The van der Waals surface area contributed by atoms with Crippen molar-refractivity contribution >= 4 is 0 Å². The van der Waals surface area contributed by atoms with Crippen LogP contribution >= 0.6 is 0 Å². The molecule has 0 fully saturated rings. The van der Waals surface area contributed by atoms with Gasteiger partial charge in [-0.05, 0) is 37.5 Å². The van der Waals surface area contributed by atoms with Gasteiger partial charge in [-0.25, -0.2) is 0 Å². The van der Waals surface area contributed by atoms with E-state index in [0.717, 1.165) is 31.9 Å². The summed E-state index contributed by atoms with van der Waals surface area (Å²) < 4.78 is 7.08. The zero-order valence-electron chi connectivity index (χ0n) is 13.4. The topological polar surface area (TPSA) is 39.1 Å². The van der Waals surface area contributed by atoms with Gasteiger partial charge in [0.1, 0.15) is 0 Å². The smallest absolute Gasteiger partial charge is 0.0664 e. The van der Waals surface area contributed by atoms with Crippen LogP contribution in [0.1, 0.15) is 27.9 Å². The third-order valence-electron chi connectivity index (χ3n) is 3.81. The molecule has 0 saturated heterocycles. The number of nitrogens with zero attached hydrogens (tertiary/aromatic N) is 2. The molecule has 1 aromatic carbocycles. The van der Waals surface area contributed by atoms with Gasteiger partial charge in [0.2, 0.25) is 0 Å². The third-order valence-corrected chi connectivity index (χ3v) is 3.81. The average molecular weight is 287 g/mol. The largest absolute Gasteiger partial charge is 0.383 e. The number of aryl methyl sites for hydroxylation is 3. The second kappa shape index (κ2) is 7.38.